The van der Waals surface area contributed by atoms with Gasteiger partial charge in [-0.2, -0.15) is 33.6 Å². The summed E-state index contributed by atoms with van der Waals surface area (Å²) in [5.41, 5.74) is -0.921. The van der Waals surface area contributed by atoms with Crippen LogP contribution >= 0.6 is 33.6 Å². The van der Waals surface area contributed by atoms with Crippen LogP contribution in [0.1, 0.15) is 0 Å². The Morgan fingerprint density at radius 1 is 0.875 bits per heavy atom. The highest BCUT2D eigenvalue weighted by atomic mass is 32.8. The molecule has 0 radical (unpaired) electrons. The van der Waals surface area contributed by atoms with Gasteiger partial charge in [-0.05, 0) is 25.3 Å². The molecule has 0 saturated carbocycles. The standard InChI is InChI=1S/C4H12S3Si/c1-5-8(4,6-2)7-3/h1-4H3. The minimum atomic E-state index is -0.921. The van der Waals surface area contributed by atoms with Gasteiger partial charge in [0.1, 0.15) is 0 Å². The molecule has 0 aliphatic rings. The third-order valence-corrected chi connectivity index (χ3v) is 19.0. The second-order valence-corrected chi connectivity index (χ2v) is 17.8. The van der Waals surface area contributed by atoms with Crippen LogP contribution in [0, 0.1) is 0 Å². The van der Waals surface area contributed by atoms with Gasteiger partial charge in [0.25, 0.3) is 0 Å². The van der Waals surface area contributed by atoms with Crippen LogP contribution in [0.3, 0.4) is 0 Å². The number of rotatable bonds is 3. The lowest BCUT2D eigenvalue weighted by molar-refractivity contribution is 2.29. The Bertz CT molecular complexity index is 54.0. The molecule has 50 valence electrons. The average Bonchev–Trinajstić information content (AvgIpc) is 1.87. The lowest BCUT2D eigenvalue weighted by atomic mass is 11.9. The predicted molar refractivity (Wildman–Crippen MR) is 52.2 cm³/mol. The molecule has 0 bridgehead atoms. The molecule has 0 aliphatic heterocycles. The molecule has 0 aromatic carbocycles. The van der Waals surface area contributed by atoms with Crippen LogP contribution in [0.4, 0.5) is 0 Å². The first-order valence-electron chi connectivity index (χ1n) is 2.34. The van der Waals surface area contributed by atoms with Crippen molar-refractivity contribution in [3.05, 3.63) is 0 Å². The normalized spacial score (nSPS) is 12.0. The van der Waals surface area contributed by atoms with Crippen molar-refractivity contribution in [1.82, 2.24) is 0 Å². The van der Waals surface area contributed by atoms with Gasteiger partial charge in [-0.25, -0.2) is 0 Å². The summed E-state index contributed by atoms with van der Waals surface area (Å²) < 4.78 is 0. The van der Waals surface area contributed by atoms with Crippen molar-refractivity contribution in [1.29, 1.82) is 0 Å². The Hall–Kier alpha value is 1.27. The van der Waals surface area contributed by atoms with Crippen LogP contribution in [0.25, 0.3) is 0 Å². The van der Waals surface area contributed by atoms with Crippen molar-refractivity contribution in [2.45, 2.75) is 6.55 Å². The van der Waals surface area contributed by atoms with Gasteiger partial charge in [-0.1, -0.05) is 0 Å². The van der Waals surface area contributed by atoms with Crippen molar-refractivity contribution in [2.75, 3.05) is 18.8 Å². The van der Waals surface area contributed by atoms with Crippen molar-refractivity contribution in [3.63, 3.8) is 0 Å². The van der Waals surface area contributed by atoms with Crippen LogP contribution in [0.15, 0.2) is 0 Å². The maximum Gasteiger partial charge on any atom is 0.233 e. The maximum atomic E-state index is 2.38. The molecule has 4 heteroatoms. The van der Waals surface area contributed by atoms with Gasteiger partial charge in [0.2, 0.25) is 5.52 Å². The molecule has 0 N–H and O–H groups in total. The third-order valence-electron chi connectivity index (χ3n) is 1.11. The van der Waals surface area contributed by atoms with Crippen LogP contribution in [-0.4, -0.2) is 24.3 Å². The molecule has 0 aromatic rings. The van der Waals surface area contributed by atoms with Gasteiger partial charge in [-0.3, -0.25) is 0 Å². The van der Waals surface area contributed by atoms with Crippen LogP contribution < -0.4 is 0 Å². The minimum absolute atomic E-state index is 0.921. The molecule has 8 heavy (non-hydrogen) atoms. The fraction of sp³-hybridized carbons (Fsp3) is 1.00. The predicted octanol–water partition coefficient (Wildman–Crippen LogP) is 2.64. The van der Waals surface area contributed by atoms with Gasteiger partial charge in [-0.15, -0.1) is 0 Å². The molecular formula is C4H12S3Si. The van der Waals surface area contributed by atoms with E-state index in [4.69, 9.17) is 0 Å². The molecule has 0 heterocycles. The zero-order valence-corrected chi connectivity index (χ0v) is 9.17. The molecule has 0 fully saturated rings. The van der Waals surface area contributed by atoms with E-state index >= 15 is 0 Å². The Kier molecular flexibility index (Phi) is 4.80. The Balaban J connectivity index is 3.58. The minimum Gasteiger partial charge on any atom is -0.166 e. The lowest BCUT2D eigenvalue weighted by Gasteiger charge is -2.17. The second-order valence-electron chi connectivity index (χ2n) is 1.47. The fourth-order valence-corrected chi connectivity index (χ4v) is 6.75. The van der Waals surface area contributed by atoms with Gasteiger partial charge < -0.3 is 0 Å². The Morgan fingerprint density at radius 2 is 1.12 bits per heavy atom. The summed E-state index contributed by atoms with van der Waals surface area (Å²) in [5.74, 6) is 0. The molecule has 0 atom stereocenters. The van der Waals surface area contributed by atoms with E-state index in [0.717, 1.165) is 0 Å². The maximum absolute atomic E-state index is 2.38. The van der Waals surface area contributed by atoms with Gasteiger partial charge in [0.05, 0.1) is 0 Å². The number of hydrogen-bond acceptors (Lipinski definition) is 3. The Labute approximate surface area is 64.5 Å². The fourth-order valence-electron chi connectivity index (χ4n) is 0.250. The van der Waals surface area contributed by atoms with Gasteiger partial charge in [0, 0.05) is 0 Å². The van der Waals surface area contributed by atoms with E-state index in [-0.39, 0.29) is 0 Å². The molecule has 0 unspecified atom stereocenters. The highest BCUT2D eigenvalue weighted by Gasteiger charge is 2.22. The smallest absolute Gasteiger partial charge is 0.166 e. The van der Waals surface area contributed by atoms with E-state index in [0.29, 0.717) is 0 Å². The summed E-state index contributed by atoms with van der Waals surface area (Å²) in [7, 11) is 0. The summed E-state index contributed by atoms with van der Waals surface area (Å²) in [6.07, 6.45) is 6.62. The van der Waals surface area contributed by atoms with Crippen molar-refractivity contribution < 1.29 is 0 Å². The first-order valence-corrected chi connectivity index (χ1v) is 10.7. The summed E-state index contributed by atoms with van der Waals surface area (Å²) in [5, 5.41) is 0. The summed E-state index contributed by atoms with van der Waals surface area (Å²) in [6.45, 7) is 2.38. The van der Waals surface area contributed by atoms with Gasteiger partial charge >= 0.3 is 0 Å². The molecule has 0 nitrogen and oxygen atoms in total. The lowest BCUT2D eigenvalue weighted by Crippen LogP contribution is -2.13. The van der Waals surface area contributed by atoms with Crippen LogP contribution in [0.2, 0.25) is 6.55 Å². The third kappa shape index (κ3) is 2.71. The van der Waals surface area contributed by atoms with Crippen molar-refractivity contribution in [2.24, 2.45) is 0 Å². The second kappa shape index (κ2) is 4.14. The summed E-state index contributed by atoms with van der Waals surface area (Å²) >= 11 is 6.11. The first-order chi connectivity index (χ1) is 3.68. The van der Waals surface area contributed by atoms with E-state index in [9.17, 15) is 0 Å². The molecule has 0 aliphatic carbocycles. The molecular weight excluding hydrogens is 172 g/mol. The quantitative estimate of drug-likeness (QED) is 0.619. The van der Waals surface area contributed by atoms with E-state index in [1.807, 2.05) is 33.6 Å². The van der Waals surface area contributed by atoms with Crippen LogP contribution in [-0.2, 0) is 0 Å². The zero-order chi connectivity index (χ0) is 6.62. The largest absolute Gasteiger partial charge is 0.233 e. The molecule has 0 rings (SSSR count). The first kappa shape index (κ1) is 9.27. The molecule has 0 saturated heterocycles. The average molecular weight is 184 g/mol. The highest BCUT2D eigenvalue weighted by Crippen LogP contribution is 2.36. The highest BCUT2D eigenvalue weighted by molar-refractivity contribution is 8.80. The summed E-state index contributed by atoms with van der Waals surface area (Å²) in [6, 6.07) is 0. The van der Waals surface area contributed by atoms with Crippen molar-refractivity contribution in [3.8, 4) is 0 Å². The number of hydrogen-bond donors (Lipinski definition) is 0. The van der Waals surface area contributed by atoms with Crippen molar-refractivity contribution >= 4 is 39.2 Å². The molecule has 0 spiro atoms. The van der Waals surface area contributed by atoms with E-state index in [2.05, 4.69) is 25.3 Å². The van der Waals surface area contributed by atoms with E-state index in [1.165, 1.54) is 0 Å². The molecule has 0 aromatic heterocycles. The summed E-state index contributed by atoms with van der Waals surface area (Å²) in [4.78, 5) is 0. The van der Waals surface area contributed by atoms with Crippen LogP contribution in [0.5, 0.6) is 0 Å². The van der Waals surface area contributed by atoms with E-state index < -0.39 is 5.52 Å². The zero-order valence-electron chi connectivity index (χ0n) is 5.72. The topological polar surface area (TPSA) is 0 Å². The van der Waals surface area contributed by atoms with E-state index in [1.54, 1.807) is 0 Å². The Morgan fingerprint density at radius 3 is 1.12 bits per heavy atom. The van der Waals surface area contributed by atoms with Gasteiger partial charge in [0.15, 0.2) is 0 Å². The molecule has 0 amide bonds. The monoisotopic (exact) mass is 184 g/mol. The SMILES string of the molecule is CS[Si](C)(SC)SC.